The fourth-order valence-corrected chi connectivity index (χ4v) is 2.53. The van der Waals surface area contributed by atoms with Gasteiger partial charge in [0.2, 0.25) is 0 Å². The molecular weight excluding hydrogens is 256 g/mol. The van der Waals surface area contributed by atoms with Crippen LogP contribution in [0.15, 0.2) is 42.5 Å². The molecule has 110 valence electrons. The summed E-state index contributed by atoms with van der Waals surface area (Å²) in [6.45, 7) is 10.6. The second kappa shape index (κ2) is 5.85. The zero-order valence-corrected chi connectivity index (χ0v) is 13.7. The standard InChI is InChI=1S/C20H24O/c1-14-6-11-18(15(2)12-14)19(21)13-16-7-9-17(10-8-16)20(3,4)5/h6-12H,13H2,1-5H3. The van der Waals surface area contributed by atoms with Crippen LogP contribution in [0.5, 0.6) is 0 Å². The van der Waals surface area contributed by atoms with Crippen molar-refractivity contribution < 1.29 is 4.79 Å². The third kappa shape index (κ3) is 3.81. The van der Waals surface area contributed by atoms with Gasteiger partial charge in [-0.05, 0) is 36.0 Å². The number of benzene rings is 2. The van der Waals surface area contributed by atoms with E-state index in [1.807, 2.05) is 26.0 Å². The smallest absolute Gasteiger partial charge is 0.167 e. The summed E-state index contributed by atoms with van der Waals surface area (Å²) < 4.78 is 0. The van der Waals surface area contributed by atoms with Crippen molar-refractivity contribution in [1.82, 2.24) is 0 Å². The van der Waals surface area contributed by atoms with Crippen molar-refractivity contribution in [2.24, 2.45) is 0 Å². The summed E-state index contributed by atoms with van der Waals surface area (Å²) in [5, 5.41) is 0. The Kier molecular flexibility index (Phi) is 4.32. The predicted octanol–water partition coefficient (Wildman–Crippen LogP) is 5.03. The summed E-state index contributed by atoms with van der Waals surface area (Å²) in [6.07, 6.45) is 0.467. The average Bonchev–Trinajstić information content (AvgIpc) is 2.38. The lowest BCUT2D eigenvalue weighted by Crippen LogP contribution is -2.11. The number of hydrogen-bond donors (Lipinski definition) is 0. The van der Waals surface area contributed by atoms with Gasteiger partial charge in [0.15, 0.2) is 5.78 Å². The van der Waals surface area contributed by atoms with E-state index >= 15 is 0 Å². The first kappa shape index (κ1) is 15.5. The molecule has 0 saturated carbocycles. The van der Waals surface area contributed by atoms with E-state index in [2.05, 4.69) is 51.1 Å². The fraction of sp³-hybridized carbons (Fsp3) is 0.350. The van der Waals surface area contributed by atoms with Crippen molar-refractivity contribution in [1.29, 1.82) is 0 Å². The van der Waals surface area contributed by atoms with E-state index in [-0.39, 0.29) is 11.2 Å². The fourth-order valence-electron chi connectivity index (χ4n) is 2.53. The van der Waals surface area contributed by atoms with E-state index in [4.69, 9.17) is 0 Å². The molecule has 0 aromatic heterocycles. The minimum absolute atomic E-state index is 0.149. The molecule has 0 spiro atoms. The van der Waals surface area contributed by atoms with Gasteiger partial charge in [0, 0.05) is 12.0 Å². The average molecular weight is 280 g/mol. The molecule has 0 aliphatic rings. The molecule has 0 fully saturated rings. The molecule has 2 aromatic carbocycles. The van der Waals surface area contributed by atoms with Gasteiger partial charge < -0.3 is 0 Å². The van der Waals surface area contributed by atoms with Crippen LogP contribution in [0.2, 0.25) is 0 Å². The Morgan fingerprint density at radius 2 is 1.57 bits per heavy atom. The first-order valence-electron chi connectivity index (χ1n) is 7.47. The monoisotopic (exact) mass is 280 g/mol. The van der Waals surface area contributed by atoms with Gasteiger partial charge in [-0.25, -0.2) is 0 Å². The second-order valence-corrected chi connectivity index (χ2v) is 6.87. The molecule has 2 rings (SSSR count). The molecule has 1 nitrogen and oxygen atoms in total. The Balaban J connectivity index is 2.16. The lowest BCUT2D eigenvalue weighted by molar-refractivity contribution is 0.0992. The first-order valence-corrected chi connectivity index (χ1v) is 7.47. The number of carbonyl (C=O) groups is 1. The molecule has 0 saturated heterocycles. The first-order chi connectivity index (χ1) is 9.77. The number of aryl methyl sites for hydroxylation is 2. The zero-order valence-electron chi connectivity index (χ0n) is 13.7. The van der Waals surface area contributed by atoms with E-state index in [0.29, 0.717) is 6.42 Å². The van der Waals surface area contributed by atoms with Crippen molar-refractivity contribution >= 4 is 5.78 Å². The summed E-state index contributed by atoms with van der Waals surface area (Å²) in [5.74, 6) is 0.191. The summed E-state index contributed by atoms with van der Waals surface area (Å²) in [6, 6.07) is 14.4. The van der Waals surface area contributed by atoms with Crippen LogP contribution in [0.25, 0.3) is 0 Å². The minimum atomic E-state index is 0.149. The Labute approximate surface area is 128 Å². The molecule has 0 aliphatic carbocycles. The summed E-state index contributed by atoms with van der Waals surface area (Å²) in [7, 11) is 0. The molecule has 0 atom stereocenters. The molecule has 2 aromatic rings. The Hall–Kier alpha value is -1.89. The van der Waals surface area contributed by atoms with Crippen molar-refractivity contribution in [3.05, 3.63) is 70.3 Å². The highest BCUT2D eigenvalue weighted by atomic mass is 16.1. The minimum Gasteiger partial charge on any atom is -0.294 e. The van der Waals surface area contributed by atoms with Crippen molar-refractivity contribution in [3.8, 4) is 0 Å². The SMILES string of the molecule is Cc1ccc(C(=O)Cc2ccc(C(C)(C)C)cc2)c(C)c1. The quantitative estimate of drug-likeness (QED) is 0.721. The van der Waals surface area contributed by atoms with Crippen LogP contribution in [0.4, 0.5) is 0 Å². The molecular formula is C20H24O. The number of hydrogen-bond acceptors (Lipinski definition) is 1. The molecule has 0 heterocycles. The zero-order chi connectivity index (χ0) is 15.6. The highest BCUT2D eigenvalue weighted by Gasteiger charge is 2.14. The van der Waals surface area contributed by atoms with Crippen molar-refractivity contribution in [2.75, 3.05) is 0 Å². The van der Waals surface area contributed by atoms with Gasteiger partial charge >= 0.3 is 0 Å². The maximum atomic E-state index is 12.4. The van der Waals surface area contributed by atoms with Gasteiger partial charge in [0.25, 0.3) is 0 Å². The van der Waals surface area contributed by atoms with Gasteiger partial charge in [-0.15, -0.1) is 0 Å². The van der Waals surface area contributed by atoms with Crippen LogP contribution in [-0.2, 0) is 11.8 Å². The topological polar surface area (TPSA) is 17.1 Å². The lowest BCUT2D eigenvalue weighted by Gasteiger charge is -2.19. The number of rotatable bonds is 3. The van der Waals surface area contributed by atoms with E-state index in [1.165, 1.54) is 11.1 Å². The molecule has 0 unspecified atom stereocenters. The number of ketones is 1. The van der Waals surface area contributed by atoms with Crippen molar-refractivity contribution in [3.63, 3.8) is 0 Å². The third-order valence-corrected chi connectivity index (χ3v) is 3.87. The van der Waals surface area contributed by atoms with E-state index in [0.717, 1.165) is 16.7 Å². The van der Waals surface area contributed by atoms with Gasteiger partial charge in [-0.2, -0.15) is 0 Å². The van der Waals surface area contributed by atoms with Gasteiger partial charge in [0.1, 0.15) is 0 Å². The van der Waals surface area contributed by atoms with Crippen LogP contribution in [0.3, 0.4) is 0 Å². The predicted molar refractivity (Wildman–Crippen MR) is 89.1 cm³/mol. The Bertz CT molecular complexity index is 643. The van der Waals surface area contributed by atoms with Crippen molar-refractivity contribution in [2.45, 2.75) is 46.5 Å². The molecule has 0 bridgehead atoms. The van der Waals surface area contributed by atoms with Gasteiger partial charge in [-0.1, -0.05) is 68.8 Å². The largest absolute Gasteiger partial charge is 0.294 e. The van der Waals surface area contributed by atoms with E-state index in [9.17, 15) is 4.79 Å². The molecule has 0 aliphatic heterocycles. The highest BCUT2D eigenvalue weighted by molar-refractivity contribution is 5.98. The second-order valence-electron chi connectivity index (χ2n) is 6.87. The molecule has 0 amide bonds. The summed E-state index contributed by atoms with van der Waals surface area (Å²) >= 11 is 0. The maximum Gasteiger partial charge on any atom is 0.167 e. The normalized spacial score (nSPS) is 11.5. The van der Waals surface area contributed by atoms with Crippen LogP contribution < -0.4 is 0 Å². The van der Waals surface area contributed by atoms with Crippen LogP contribution in [0, 0.1) is 13.8 Å². The lowest BCUT2D eigenvalue weighted by atomic mass is 9.86. The molecule has 1 heteroatoms. The number of carbonyl (C=O) groups excluding carboxylic acids is 1. The highest BCUT2D eigenvalue weighted by Crippen LogP contribution is 2.22. The summed E-state index contributed by atoms with van der Waals surface area (Å²) in [4.78, 5) is 12.4. The Morgan fingerprint density at radius 1 is 0.952 bits per heavy atom. The molecule has 0 N–H and O–H groups in total. The Morgan fingerprint density at radius 3 is 2.10 bits per heavy atom. The number of Topliss-reactive ketones (excluding diaryl/α,β-unsaturated/α-hetero) is 1. The maximum absolute atomic E-state index is 12.4. The van der Waals surface area contributed by atoms with E-state index < -0.39 is 0 Å². The van der Waals surface area contributed by atoms with Gasteiger partial charge in [-0.3, -0.25) is 4.79 Å². The van der Waals surface area contributed by atoms with E-state index in [1.54, 1.807) is 0 Å². The molecule has 0 radical (unpaired) electrons. The third-order valence-electron chi connectivity index (χ3n) is 3.87. The molecule has 21 heavy (non-hydrogen) atoms. The summed E-state index contributed by atoms with van der Waals surface area (Å²) in [5.41, 5.74) is 5.61. The van der Waals surface area contributed by atoms with Crippen LogP contribution >= 0.6 is 0 Å². The van der Waals surface area contributed by atoms with Gasteiger partial charge in [0.05, 0.1) is 0 Å². The van der Waals surface area contributed by atoms with Crippen LogP contribution in [0.1, 0.15) is 53.4 Å². The van der Waals surface area contributed by atoms with Crippen LogP contribution in [-0.4, -0.2) is 5.78 Å².